The zero-order valence-corrected chi connectivity index (χ0v) is 14.5. The van der Waals surface area contributed by atoms with Crippen molar-refractivity contribution in [3.05, 3.63) is 35.4 Å². The van der Waals surface area contributed by atoms with Crippen LogP contribution in [0.3, 0.4) is 0 Å². The lowest BCUT2D eigenvalue weighted by Gasteiger charge is -2.36. The van der Waals surface area contributed by atoms with Gasteiger partial charge in [0.1, 0.15) is 0 Å². The Bertz CT molecular complexity index is 592. The van der Waals surface area contributed by atoms with Crippen molar-refractivity contribution in [3.8, 4) is 0 Å². The van der Waals surface area contributed by atoms with E-state index in [0.29, 0.717) is 19.1 Å². The van der Waals surface area contributed by atoms with Crippen LogP contribution < -0.4 is 5.32 Å². The van der Waals surface area contributed by atoms with E-state index in [1.807, 2.05) is 4.90 Å². The minimum atomic E-state index is -4.29. The quantitative estimate of drug-likeness (QED) is 0.876. The maximum Gasteiger partial charge on any atom is 0.416 e. The van der Waals surface area contributed by atoms with Crippen LogP contribution in [0.5, 0.6) is 0 Å². The third-order valence-corrected chi connectivity index (χ3v) is 5.49. The normalized spacial score (nSPS) is 25.8. The Balaban J connectivity index is 1.55. The van der Waals surface area contributed by atoms with Crippen molar-refractivity contribution in [2.24, 2.45) is 5.92 Å². The molecule has 2 atom stereocenters. The fraction of sp³-hybridized carbons (Fsp3) is 0.632. The Kier molecular flexibility index (Phi) is 5.37. The summed E-state index contributed by atoms with van der Waals surface area (Å²) in [5.41, 5.74) is 0.333. The van der Waals surface area contributed by atoms with Gasteiger partial charge in [0.05, 0.1) is 5.56 Å². The van der Waals surface area contributed by atoms with Gasteiger partial charge in [0.15, 0.2) is 0 Å². The second-order valence-electron chi connectivity index (χ2n) is 7.30. The molecule has 0 spiro atoms. The van der Waals surface area contributed by atoms with Gasteiger partial charge >= 0.3 is 6.18 Å². The molecule has 1 aromatic carbocycles. The minimum absolute atomic E-state index is 0.110. The van der Waals surface area contributed by atoms with E-state index >= 15 is 0 Å². The van der Waals surface area contributed by atoms with E-state index in [2.05, 4.69) is 12.2 Å². The predicted molar refractivity (Wildman–Crippen MR) is 90.2 cm³/mol. The first-order valence-corrected chi connectivity index (χ1v) is 9.04. The van der Waals surface area contributed by atoms with Gasteiger partial charge in [-0.05, 0) is 62.8 Å². The molecule has 1 N–H and O–H groups in total. The summed E-state index contributed by atoms with van der Waals surface area (Å²) in [7, 11) is 0. The molecule has 1 amide bonds. The second-order valence-corrected chi connectivity index (χ2v) is 7.30. The summed E-state index contributed by atoms with van der Waals surface area (Å²) in [5, 5.41) is 3.36. The highest BCUT2D eigenvalue weighted by atomic mass is 19.4. The lowest BCUT2D eigenvalue weighted by molar-refractivity contribution is -0.138. The molecule has 2 fully saturated rings. The first-order chi connectivity index (χ1) is 11.8. The lowest BCUT2D eigenvalue weighted by atomic mass is 9.87. The van der Waals surface area contributed by atoms with E-state index in [0.717, 1.165) is 49.9 Å². The highest BCUT2D eigenvalue weighted by Crippen LogP contribution is 2.33. The number of halogens is 3. The van der Waals surface area contributed by atoms with Crippen molar-refractivity contribution in [2.75, 3.05) is 19.6 Å². The molecule has 0 radical (unpaired) electrons. The van der Waals surface area contributed by atoms with E-state index in [-0.39, 0.29) is 17.7 Å². The number of carbonyl (C=O) groups is 1. The second kappa shape index (κ2) is 7.36. The number of nitrogens with one attached hydrogen (secondary N) is 1. The lowest BCUT2D eigenvalue weighted by Crippen LogP contribution is -2.46. The number of likely N-dealkylation sites (tertiary alicyclic amines) is 1. The largest absolute Gasteiger partial charge is 0.416 e. The average Bonchev–Trinajstić information content (AvgIpc) is 2.61. The molecule has 138 valence electrons. The van der Waals surface area contributed by atoms with Crippen molar-refractivity contribution >= 4 is 5.91 Å². The Labute approximate surface area is 146 Å². The summed E-state index contributed by atoms with van der Waals surface area (Å²) in [6.45, 7) is 4.39. The summed E-state index contributed by atoms with van der Waals surface area (Å²) in [4.78, 5) is 14.6. The van der Waals surface area contributed by atoms with Crippen molar-refractivity contribution in [1.82, 2.24) is 10.2 Å². The van der Waals surface area contributed by atoms with Gasteiger partial charge in [-0.15, -0.1) is 0 Å². The van der Waals surface area contributed by atoms with Crippen molar-refractivity contribution < 1.29 is 18.0 Å². The van der Waals surface area contributed by atoms with Crippen LogP contribution in [-0.4, -0.2) is 36.5 Å². The van der Waals surface area contributed by atoms with Crippen LogP contribution in [0.4, 0.5) is 13.2 Å². The van der Waals surface area contributed by atoms with Gasteiger partial charge < -0.3 is 10.2 Å². The summed E-state index contributed by atoms with van der Waals surface area (Å²) in [5.74, 6) is 0.594. The third kappa shape index (κ3) is 4.35. The number of hydrogen-bond acceptors (Lipinski definition) is 2. The molecular weight excluding hydrogens is 329 g/mol. The van der Waals surface area contributed by atoms with Crippen molar-refractivity contribution in [3.63, 3.8) is 0 Å². The number of nitrogens with zero attached hydrogens (tertiary/aromatic N) is 1. The first-order valence-electron chi connectivity index (χ1n) is 9.04. The van der Waals surface area contributed by atoms with E-state index in [1.165, 1.54) is 0 Å². The van der Waals surface area contributed by atoms with Gasteiger partial charge in [0.2, 0.25) is 5.91 Å². The van der Waals surface area contributed by atoms with Crippen LogP contribution in [0, 0.1) is 5.92 Å². The first kappa shape index (κ1) is 18.2. The van der Waals surface area contributed by atoms with Crippen molar-refractivity contribution in [2.45, 2.75) is 50.7 Å². The zero-order chi connectivity index (χ0) is 18.0. The van der Waals surface area contributed by atoms with Gasteiger partial charge in [-0.1, -0.05) is 12.1 Å². The van der Waals surface area contributed by atoms with Gasteiger partial charge in [0, 0.05) is 25.0 Å². The van der Waals surface area contributed by atoms with Crippen LogP contribution in [0.25, 0.3) is 0 Å². The predicted octanol–water partition coefficient (Wildman–Crippen LogP) is 3.80. The van der Waals surface area contributed by atoms with E-state index in [1.54, 1.807) is 12.1 Å². The van der Waals surface area contributed by atoms with E-state index in [9.17, 15) is 18.0 Å². The Morgan fingerprint density at radius 3 is 2.32 bits per heavy atom. The Morgan fingerprint density at radius 1 is 1.12 bits per heavy atom. The van der Waals surface area contributed by atoms with Crippen molar-refractivity contribution in [1.29, 1.82) is 0 Å². The fourth-order valence-corrected chi connectivity index (χ4v) is 3.99. The van der Waals surface area contributed by atoms with Crippen LogP contribution in [0.15, 0.2) is 24.3 Å². The molecule has 0 unspecified atom stereocenters. The smallest absolute Gasteiger partial charge is 0.342 e. The highest BCUT2D eigenvalue weighted by Gasteiger charge is 2.32. The van der Waals surface area contributed by atoms with Crippen LogP contribution >= 0.6 is 0 Å². The zero-order valence-electron chi connectivity index (χ0n) is 14.5. The fourth-order valence-electron chi connectivity index (χ4n) is 3.99. The molecule has 2 saturated heterocycles. The van der Waals surface area contributed by atoms with Gasteiger partial charge in [-0.2, -0.15) is 13.2 Å². The molecule has 2 heterocycles. The number of amides is 1. The molecule has 3 rings (SSSR count). The van der Waals surface area contributed by atoms with Crippen LogP contribution in [-0.2, 0) is 11.0 Å². The topological polar surface area (TPSA) is 32.3 Å². The molecular formula is C19H25F3N2O. The molecule has 3 nitrogen and oxygen atoms in total. The molecule has 2 aliphatic rings. The minimum Gasteiger partial charge on any atom is -0.342 e. The number of piperidine rings is 2. The van der Waals surface area contributed by atoms with Crippen LogP contribution in [0.2, 0.25) is 0 Å². The molecule has 0 saturated carbocycles. The number of rotatable bonds is 2. The summed E-state index contributed by atoms with van der Waals surface area (Å²) in [6, 6.07) is 5.86. The maximum atomic E-state index is 12.7. The standard InChI is InChI=1S/C19H25F3N2O/c1-13-12-16(6-9-23-13)18(25)24-10-7-15(8-11-24)14-2-4-17(5-3-14)19(20,21)22/h2-5,13,15-16,23H,6-12H2,1H3/t13-,16-/m0/s1. The average molecular weight is 354 g/mol. The molecule has 25 heavy (non-hydrogen) atoms. The molecule has 0 aliphatic carbocycles. The monoisotopic (exact) mass is 354 g/mol. The van der Waals surface area contributed by atoms with Gasteiger partial charge in [-0.3, -0.25) is 4.79 Å². The SMILES string of the molecule is C[C@H]1C[C@@H](C(=O)N2CCC(c3ccc(C(F)(F)F)cc3)CC2)CCN1. The number of alkyl halides is 3. The number of hydrogen-bond donors (Lipinski definition) is 1. The summed E-state index contributed by atoms with van der Waals surface area (Å²) < 4.78 is 38.0. The van der Waals surface area contributed by atoms with E-state index < -0.39 is 11.7 Å². The molecule has 0 aromatic heterocycles. The molecule has 0 bridgehead atoms. The molecule has 1 aromatic rings. The van der Waals surface area contributed by atoms with E-state index in [4.69, 9.17) is 0 Å². The third-order valence-electron chi connectivity index (χ3n) is 5.49. The molecule has 6 heteroatoms. The number of carbonyl (C=O) groups excluding carboxylic acids is 1. The Morgan fingerprint density at radius 2 is 1.76 bits per heavy atom. The van der Waals surface area contributed by atoms with Gasteiger partial charge in [0.25, 0.3) is 0 Å². The highest BCUT2D eigenvalue weighted by molar-refractivity contribution is 5.79. The summed E-state index contributed by atoms with van der Waals surface area (Å²) in [6.07, 6.45) is -0.880. The maximum absolute atomic E-state index is 12.7. The molecule has 2 aliphatic heterocycles. The summed E-state index contributed by atoms with van der Waals surface area (Å²) >= 11 is 0. The van der Waals surface area contributed by atoms with Gasteiger partial charge in [-0.25, -0.2) is 0 Å². The number of benzene rings is 1. The Hall–Kier alpha value is -1.56. The van der Waals surface area contributed by atoms with Crippen LogP contribution in [0.1, 0.15) is 49.7 Å².